The fraction of sp³-hybridized carbons (Fsp3) is 0.731. The van der Waals surface area contributed by atoms with Gasteiger partial charge in [-0.1, -0.05) is 36.2 Å². The van der Waals surface area contributed by atoms with E-state index < -0.39 is 11.6 Å². The van der Waals surface area contributed by atoms with Gasteiger partial charge in [-0.15, -0.1) is 5.92 Å². The van der Waals surface area contributed by atoms with Crippen molar-refractivity contribution in [2.45, 2.75) is 83.3 Å². The highest BCUT2D eigenvalue weighted by molar-refractivity contribution is 5.67. The van der Waals surface area contributed by atoms with E-state index >= 15 is 0 Å². The van der Waals surface area contributed by atoms with Crippen LogP contribution in [0.15, 0.2) is 29.0 Å². The molecule has 4 rings (SSSR count). The first-order valence-corrected chi connectivity index (χ1v) is 11.8. The van der Waals surface area contributed by atoms with E-state index in [1.165, 1.54) is 5.57 Å². The van der Waals surface area contributed by atoms with E-state index in [4.69, 9.17) is 5.11 Å². The molecule has 4 aliphatic rings. The van der Waals surface area contributed by atoms with Gasteiger partial charge in [-0.25, -0.2) is 0 Å². The van der Waals surface area contributed by atoms with Crippen LogP contribution in [0.3, 0.4) is 0 Å². The summed E-state index contributed by atoms with van der Waals surface area (Å²) < 4.78 is 0. The van der Waals surface area contributed by atoms with Gasteiger partial charge in [-0.2, -0.15) is 4.91 Å². The Hall–Kier alpha value is -1.93. The number of nitrogens with zero attached hydrogens (tertiary/aromatic N) is 1. The molecule has 0 aromatic carbocycles. The molecule has 31 heavy (non-hydrogen) atoms. The predicted molar refractivity (Wildman–Crippen MR) is 120 cm³/mol. The zero-order valence-electron chi connectivity index (χ0n) is 18.8. The summed E-state index contributed by atoms with van der Waals surface area (Å²) in [6.45, 7) is 8.27. The van der Waals surface area contributed by atoms with Gasteiger partial charge < -0.3 is 10.2 Å². The van der Waals surface area contributed by atoms with E-state index in [9.17, 15) is 14.8 Å². The first kappa shape index (κ1) is 22.3. The first-order chi connectivity index (χ1) is 14.7. The molecule has 1 unspecified atom stereocenters. The Morgan fingerprint density at radius 3 is 2.74 bits per heavy atom. The molecular weight excluding hydrogens is 390 g/mol. The minimum absolute atomic E-state index is 0.00823. The maximum atomic E-state index is 11.9. The Morgan fingerprint density at radius 2 is 2.06 bits per heavy atom. The first-order valence-electron chi connectivity index (χ1n) is 11.8. The third kappa shape index (κ3) is 3.48. The summed E-state index contributed by atoms with van der Waals surface area (Å²) in [5, 5.41) is 24.3. The minimum atomic E-state index is -1.03. The van der Waals surface area contributed by atoms with Crippen molar-refractivity contribution < 1.29 is 15.0 Å². The summed E-state index contributed by atoms with van der Waals surface area (Å²) in [7, 11) is 0. The molecule has 5 heteroatoms. The Balaban J connectivity index is 1.67. The van der Waals surface area contributed by atoms with Crippen LogP contribution in [0.5, 0.6) is 0 Å². The molecule has 0 amide bonds. The second-order valence-electron chi connectivity index (χ2n) is 10.5. The van der Waals surface area contributed by atoms with Crippen LogP contribution in [-0.4, -0.2) is 27.8 Å². The second kappa shape index (κ2) is 8.20. The van der Waals surface area contributed by atoms with E-state index in [0.29, 0.717) is 42.1 Å². The van der Waals surface area contributed by atoms with Crippen molar-refractivity contribution in [1.82, 2.24) is 0 Å². The third-order valence-corrected chi connectivity index (χ3v) is 9.28. The maximum Gasteiger partial charge on any atom is 0.303 e. The third-order valence-electron chi connectivity index (χ3n) is 9.28. The predicted octanol–water partition coefficient (Wildman–Crippen LogP) is 5.10. The molecule has 3 fully saturated rings. The molecule has 0 saturated heterocycles. The molecule has 5 nitrogen and oxygen atoms in total. The molecule has 0 aliphatic heterocycles. The van der Waals surface area contributed by atoms with Crippen LogP contribution in [0.4, 0.5) is 0 Å². The summed E-state index contributed by atoms with van der Waals surface area (Å²) >= 11 is 0. The highest BCUT2D eigenvalue weighted by Crippen LogP contribution is 2.67. The van der Waals surface area contributed by atoms with Crippen LogP contribution < -0.4 is 0 Å². The fourth-order valence-electron chi connectivity index (χ4n) is 7.91. The van der Waals surface area contributed by atoms with Crippen molar-refractivity contribution in [2.24, 2.45) is 40.2 Å². The van der Waals surface area contributed by atoms with Crippen LogP contribution in [-0.2, 0) is 4.79 Å². The number of nitroso groups, excluding NO2 is 1. The lowest BCUT2D eigenvalue weighted by atomic mass is 9.47. The smallest absolute Gasteiger partial charge is 0.303 e. The van der Waals surface area contributed by atoms with Crippen LogP contribution in [0.25, 0.3) is 0 Å². The van der Waals surface area contributed by atoms with Gasteiger partial charge in [0.25, 0.3) is 0 Å². The van der Waals surface area contributed by atoms with Gasteiger partial charge in [0.2, 0.25) is 0 Å². The monoisotopic (exact) mass is 425 g/mol. The zero-order valence-corrected chi connectivity index (χ0v) is 18.8. The van der Waals surface area contributed by atoms with Gasteiger partial charge in [-0.05, 0) is 87.5 Å². The maximum absolute atomic E-state index is 11.9. The summed E-state index contributed by atoms with van der Waals surface area (Å²) in [6, 6.07) is -0.179. The standard InChI is InChI=1S/C26H35NO4/c1-4-5-18-15-25(3)22(12-13-26(25,30)16(2)6-11-23(28)29)21-9-7-17-14-19(27-31)8-10-20(17)24(18)21/h14,18-22,24,30H,2,6-13,15H2,1,3H3,(H,28,29)/t18-,19?,20-,21-,22-,24+,25-,26+/m0/s1. The van der Waals surface area contributed by atoms with E-state index in [0.717, 1.165) is 38.5 Å². The molecule has 4 aliphatic carbocycles. The summed E-state index contributed by atoms with van der Waals surface area (Å²) in [4.78, 5) is 22.2. The van der Waals surface area contributed by atoms with Crippen LogP contribution >= 0.6 is 0 Å². The number of carboxylic acids is 1. The molecule has 0 spiro atoms. The Morgan fingerprint density at radius 1 is 1.29 bits per heavy atom. The van der Waals surface area contributed by atoms with Crippen molar-refractivity contribution in [3.8, 4) is 11.8 Å². The van der Waals surface area contributed by atoms with E-state index in [-0.39, 0.29) is 23.8 Å². The van der Waals surface area contributed by atoms with Crippen molar-refractivity contribution >= 4 is 5.97 Å². The summed E-state index contributed by atoms with van der Waals surface area (Å²) in [5.74, 6) is 7.83. The summed E-state index contributed by atoms with van der Waals surface area (Å²) in [5.41, 5.74) is 0.723. The average Bonchev–Trinajstić information content (AvgIpc) is 3.03. The highest BCUT2D eigenvalue weighted by atomic mass is 16.4. The average molecular weight is 426 g/mol. The number of fused-ring (bicyclic) bond motifs is 5. The number of carboxylic acid groups (broad SMARTS) is 1. The number of hydrogen-bond acceptors (Lipinski definition) is 4. The summed E-state index contributed by atoms with van der Waals surface area (Å²) in [6.07, 6.45) is 8.80. The van der Waals surface area contributed by atoms with Crippen molar-refractivity contribution in [1.29, 1.82) is 0 Å². The van der Waals surface area contributed by atoms with Gasteiger partial charge in [0, 0.05) is 17.8 Å². The molecular formula is C26H35NO4. The van der Waals surface area contributed by atoms with Gasteiger partial charge in [-0.3, -0.25) is 4.79 Å². The van der Waals surface area contributed by atoms with Crippen molar-refractivity contribution in [2.75, 3.05) is 0 Å². The van der Waals surface area contributed by atoms with E-state index in [1.54, 1.807) is 0 Å². The second-order valence-corrected chi connectivity index (χ2v) is 10.5. The number of aliphatic hydroxyl groups is 1. The lowest BCUT2D eigenvalue weighted by molar-refractivity contribution is -0.137. The van der Waals surface area contributed by atoms with Crippen LogP contribution in [0, 0.1) is 51.8 Å². The lowest BCUT2D eigenvalue weighted by Crippen LogP contribution is -2.56. The topological polar surface area (TPSA) is 87.0 Å². The van der Waals surface area contributed by atoms with Crippen LogP contribution in [0.1, 0.15) is 71.6 Å². The zero-order chi connectivity index (χ0) is 22.4. The van der Waals surface area contributed by atoms with Gasteiger partial charge in [0.15, 0.2) is 0 Å². The van der Waals surface area contributed by atoms with Crippen molar-refractivity contribution in [3.05, 3.63) is 28.7 Å². The van der Waals surface area contributed by atoms with Crippen LogP contribution in [0.2, 0.25) is 0 Å². The Labute approximate surface area is 185 Å². The number of allylic oxidation sites excluding steroid dienone is 1. The SMILES string of the molecule is C=C(CCC(=O)O)[C@]1(O)CC[C@H]2[C@@H]3CCC4=CC(N=O)CC[C@@H]4[C@H]3[C@@H](C#CC)C[C@@]21C. The number of rotatable bonds is 5. The molecule has 0 heterocycles. The molecule has 0 aromatic rings. The molecule has 0 aromatic heterocycles. The fourth-order valence-corrected chi connectivity index (χ4v) is 7.91. The largest absolute Gasteiger partial charge is 0.481 e. The van der Waals surface area contributed by atoms with E-state index in [1.807, 2.05) is 6.92 Å². The van der Waals surface area contributed by atoms with Gasteiger partial charge >= 0.3 is 5.97 Å². The molecule has 3 saturated carbocycles. The minimum Gasteiger partial charge on any atom is -0.481 e. The number of carbonyl (C=O) groups is 1. The molecule has 168 valence electrons. The molecule has 0 radical (unpaired) electrons. The lowest BCUT2D eigenvalue weighted by Gasteiger charge is -2.58. The Kier molecular flexibility index (Phi) is 5.89. The number of aliphatic carboxylic acids is 1. The van der Waals surface area contributed by atoms with Crippen molar-refractivity contribution in [3.63, 3.8) is 0 Å². The molecule has 2 N–H and O–H groups in total. The highest BCUT2D eigenvalue weighted by Gasteiger charge is 2.65. The quantitative estimate of drug-likeness (QED) is 0.365. The van der Waals surface area contributed by atoms with E-state index in [2.05, 4.69) is 36.6 Å². The number of hydrogen-bond donors (Lipinski definition) is 2. The molecule has 8 atom stereocenters. The van der Waals surface area contributed by atoms with Gasteiger partial charge in [0.1, 0.15) is 6.04 Å². The van der Waals surface area contributed by atoms with Gasteiger partial charge in [0.05, 0.1) is 5.60 Å². The normalized spacial score (nSPS) is 43.4. The Bertz CT molecular complexity index is 866. The molecule has 0 bridgehead atoms.